The molecular weight excluding hydrogens is 410 g/mol. The minimum atomic E-state index is -0.259. The van der Waals surface area contributed by atoms with E-state index < -0.39 is 0 Å². The monoisotopic (exact) mass is 439 g/mol. The zero-order valence-corrected chi connectivity index (χ0v) is 18.8. The first-order valence-electron chi connectivity index (χ1n) is 10.8. The average Bonchev–Trinajstić information content (AvgIpc) is 3.33. The van der Waals surface area contributed by atoms with E-state index in [9.17, 15) is 4.79 Å². The number of ether oxygens (including phenoxy) is 2. The van der Waals surface area contributed by atoms with Crippen LogP contribution in [0.3, 0.4) is 0 Å². The van der Waals surface area contributed by atoms with Gasteiger partial charge < -0.3 is 14.8 Å². The molecule has 0 unspecified atom stereocenters. The summed E-state index contributed by atoms with van der Waals surface area (Å²) >= 11 is 0. The molecule has 2 N–H and O–H groups in total. The van der Waals surface area contributed by atoms with Gasteiger partial charge in [0.05, 0.1) is 25.1 Å². The first-order valence-corrected chi connectivity index (χ1v) is 10.8. The van der Waals surface area contributed by atoms with Crippen molar-refractivity contribution in [2.24, 2.45) is 13.0 Å². The van der Waals surface area contributed by atoms with Gasteiger partial charge in [-0.05, 0) is 36.8 Å². The van der Waals surface area contributed by atoms with Gasteiger partial charge in [0.2, 0.25) is 5.88 Å². The van der Waals surface area contributed by atoms with E-state index in [1.807, 2.05) is 12.1 Å². The molecule has 3 aromatic rings. The third kappa shape index (κ3) is 4.80. The van der Waals surface area contributed by atoms with Crippen LogP contribution in [-0.4, -0.2) is 49.8 Å². The molecule has 1 aliphatic rings. The maximum atomic E-state index is 12.6. The van der Waals surface area contributed by atoms with Crippen LogP contribution in [0.2, 0.25) is 0 Å². The van der Waals surface area contributed by atoms with Crippen LogP contribution in [0.15, 0.2) is 24.4 Å². The number of hydrogen-bond donors (Lipinski definition) is 2. The van der Waals surface area contributed by atoms with E-state index >= 15 is 0 Å². The number of methoxy groups -OCH3 is 1. The SMILES string of the molecule is COCc1cc(C(=O)Nc2cc([C@H]3C[C@@H](COc4nnccc4C(C)C)C3)[nH]n2)n(C)n1. The number of nitrogens with one attached hydrogen (secondary N) is 2. The van der Waals surface area contributed by atoms with Crippen LogP contribution in [0, 0.1) is 5.92 Å². The predicted octanol–water partition coefficient (Wildman–Crippen LogP) is 3.03. The number of aromatic amines is 1. The third-order valence-electron chi connectivity index (χ3n) is 5.76. The van der Waals surface area contributed by atoms with E-state index in [0.717, 1.165) is 24.1 Å². The Morgan fingerprint density at radius 1 is 1.34 bits per heavy atom. The van der Waals surface area contributed by atoms with Crippen LogP contribution in [0.5, 0.6) is 5.88 Å². The summed E-state index contributed by atoms with van der Waals surface area (Å²) < 4.78 is 12.6. The van der Waals surface area contributed by atoms with Crippen LogP contribution in [0.1, 0.15) is 66.0 Å². The summed E-state index contributed by atoms with van der Waals surface area (Å²) in [6, 6.07) is 5.57. The van der Waals surface area contributed by atoms with Gasteiger partial charge in [-0.2, -0.15) is 15.3 Å². The van der Waals surface area contributed by atoms with Gasteiger partial charge in [0.1, 0.15) is 5.69 Å². The Labute approximate surface area is 186 Å². The fourth-order valence-electron chi connectivity index (χ4n) is 3.95. The summed E-state index contributed by atoms with van der Waals surface area (Å²) in [6.45, 7) is 5.21. The molecule has 0 spiro atoms. The number of nitrogens with zero attached hydrogens (tertiary/aromatic N) is 5. The Bertz CT molecular complexity index is 1070. The first kappa shape index (κ1) is 21.9. The van der Waals surface area contributed by atoms with E-state index in [0.29, 0.717) is 54.1 Å². The quantitative estimate of drug-likeness (QED) is 0.526. The molecule has 10 nitrogen and oxygen atoms in total. The van der Waals surface area contributed by atoms with Crippen molar-refractivity contribution in [1.29, 1.82) is 0 Å². The highest BCUT2D eigenvalue weighted by molar-refractivity contribution is 6.02. The lowest BCUT2D eigenvalue weighted by atomic mass is 9.74. The summed E-state index contributed by atoms with van der Waals surface area (Å²) in [6.07, 6.45) is 3.69. The minimum absolute atomic E-state index is 0.259. The number of aryl methyl sites for hydroxylation is 1. The van der Waals surface area contributed by atoms with Crippen molar-refractivity contribution in [3.05, 3.63) is 47.0 Å². The van der Waals surface area contributed by atoms with Crippen molar-refractivity contribution in [3.8, 4) is 5.88 Å². The van der Waals surface area contributed by atoms with Gasteiger partial charge >= 0.3 is 0 Å². The smallest absolute Gasteiger partial charge is 0.275 e. The molecule has 0 saturated heterocycles. The number of rotatable bonds is 9. The van der Waals surface area contributed by atoms with Crippen LogP contribution < -0.4 is 10.1 Å². The van der Waals surface area contributed by atoms with Crippen molar-refractivity contribution in [1.82, 2.24) is 30.2 Å². The predicted molar refractivity (Wildman–Crippen MR) is 118 cm³/mol. The second kappa shape index (κ2) is 9.47. The maximum Gasteiger partial charge on any atom is 0.275 e. The molecule has 1 saturated carbocycles. The molecule has 170 valence electrons. The number of anilines is 1. The van der Waals surface area contributed by atoms with Crippen LogP contribution >= 0.6 is 0 Å². The lowest BCUT2D eigenvalue weighted by Gasteiger charge is -2.34. The largest absolute Gasteiger partial charge is 0.476 e. The Balaban J connectivity index is 1.28. The topological polar surface area (TPSA) is 120 Å². The standard InChI is InChI=1S/C22H29N7O3/c1-13(2)17-5-6-23-27-22(17)32-11-14-7-15(8-14)18-10-20(26-25-18)24-21(30)19-9-16(12-31-4)28-29(19)3/h5-6,9-10,13-15H,7-8,11-12H2,1-4H3,(H2,24,25,26,30)/t14-,15+. The molecule has 0 aromatic carbocycles. The Kier molecular flexibility index (Phi) is 6.50. The number of H-pyrrole nitrogens is 1. The van der Waals surface area contributed by atoms with E-state index in [4.69, 9.17) is 9.47 Å². The molecule has 1 aliphatic carbocycles. The number of hydrogen-bond acceptors (Lipinski definition) is 7. The maximum absolute atomic E-state index is 12.6. The number of carbonyl (C=O) groups is 1. The van der Waals surface area contributed by atoms with E-state index in [-0.39, 0.29) is 5.91 Å². The molecule has 32 heavy (non-hydrogen) atoms. The fraction of sp³-hybridized carbons (Fsp3) is 0.500. The Hall–Kier alpha value is -3.27. The van der Waals surface area contributed by atoms with Gasteiger partial charge in [0, 0.05) is 37.4 Å². The minimum Gasteiger partial charge on any atom is -0.476 e. The molecule has 3 aromatic heterocycles. The summed E-state index contributed by atoms with van der Waals surface area (Å²) in [5.74, 6) is 2.04. The van der Waals surface area contributed by atoms with Crippen LogP contribution in [0.4, 0.5) is 5.82 Å². The zero-order chi connectivity index (χ0) is 22.7. The third-order valence-corrected chi connectivity index (χ3v) is 5.76. The number of amides is 1. The number of aromatic nitrogens is 6. The van der Waals surface area contributed by atoms with Gasteiger partial charge in [-0.15, -0.1) is 5.10 Å². The first-order chi connectivity index (χ1) is 15.4. The molecule has 1 amide bonds. The van der Waals surface area contributed by atoms with Crippen molar-refractivity contribution < 1.29 is 14.3 Å². The fourth-order valence-corrected chi connectivity index (χ4v) is 3.95. The second-order valence-electron chi connectivity index (χ2n) is 8.53. The van der Waals surface area contributed by atoms with E-state index in [1.165, 1.54) is 4.68 Å². The van der Waals surface area contributed by atoms with Crippen molar-refractivity contribution in [2.45, 2.75) is 45.1 Å². The molecule has 3 heterocycles. The highest BCUT2D eigenvalue weighted by atomic mass is 16.5. The summed E-state index contributed by atoms with van der Waals surface area (Å²) in [4.78, 5) is 12.6. The van der Waals surface area contributed by atoms with Crippen LogP contribution in [-0.2, 0) is 18.4 Å². The van der Waals surface area contributed by atoms with Crippen LogP contribution in [0.25, 0.3) is 0 Å². The molecule has 10 heteroatoms. The Morgan fingerprint density at radius 3 is 2.91 bits per heavy atom. The normalized spacial score (nSPS) is 17.9. The van der Waals surface area contributed by atoms with E-state index in [1.54, 1.807) is 26.4 Å². The summed E-state index contributed by atoms with van der Waals surface area (Å²) in [7, 11) is 3.32. The summed E-state index contributed by atoms with van der Waals surface area (Å²) in [5.41, 5.74) is 3.25. The summed E-state index contributed by atoms with van der Waals surface area (Å²) in [5, 5.41) is 22.5. The Morgan fingerprint density at radius 2 is 2.16 bits per heavy atom. The molecule has 0 aliphatic heterocycles. The van der Waals surface area contributed by atoms with Gasteiger partial charge in [0.25, 0.3) is 5.91 Å². The lowest BCUT2D eigenvalue weighted by molar-refractivity contribution is 0.101. The lowest BCUT2D eigenvalue weighted by Crippen LogP contribution is -2.27. The zero-order valence-electron chi connectivity index (χ0n) is 18.8. The molecular formula is C22H29N7O3. The van der Waals surface area contributed by atoms with Gasteiger partial charge in [-0.25, -0.2) is 0 Å². The highest BCUT2D eigenvalue weighted by Crippen LogP contribution is 2.41. The average molecular weight is 440 g/mol. The van der Waals surface area contributed by atoms with Gasteiger partial charge in [-0.3, -0.25) is 14.6 Å². The molecule has 0 radical (unpaired) electrons. The number of carbonyl (C=O) groups excluding carboxylic acids is 1. The van der Waals surface area contributed by atoms with Gasteiger partial charge in [0.15, 0.2) is 5.82 Å². The van der Waals surface area contributed by atoms with Crippen molar-refractivity contribution in [3.63, 3.8) is 0 Å². The van der Waals surface area contributed by atoms with Crippen molar-refractivity contribution >= 4 is 11.7 Å². The molecule has 1 fully saturated rings. The van der Waals surface area contributed by atoms with E-state index in [2.05, 4.69) is 44.7 Å². The second-order valence-corrected chi connectivity index (χ2v) is 8.53. The molecule has 0 atom stereocenters. The highest BCUT2D eigenvalue weighted by Gasteiger charge is 2.32. The molecule has 4 rings (SSSR count). The van der Waals surface area contributed by atoms with Crippen molar-refractivity contribution in [2.75, 3.05) is 19.0 Å². The van der Waals surface area contributed by atoms with Gasteiger partial charge in [-0.1, -0.05) is 13.8 Å². The molecule has 0 bridgehead atoms.